The number of anilines is 1. The number of carbonyl (C=O) groups is 2. The number of benzene rings is 1. The van der Waals surface area contributed by atoms with Crippen molar-refractivity contribution in [1.29, 1.82) is 0 Å². The molecule has 0 bridgehead atoms. The fourth-order valence-electron chi connectivity index (χ4n) is 1.22. The first-order valence-corrected chi connectivity index (χ1v) is 6.61. The van der Waals surface area contributed by atoms with Crippen LogP contribution in [0.5, 0.6) is 0 Å². The van der Waals surface area contributed by atoms with E-state index in [1.807, 2.05) is 0 Å². The Morgan fingerprint density at radius 2 is 1.84 bits per heavy atom. The molecule has 2 amide bonds. The number of primary sulfonamides is 1. The van der Waals surface area contributed by atoms with Gasteiger partial charge in [-0.2, -0.15) is 0 Å². The minimum Gasteiger partial charge on any atom is -0.480 e. The second-order valence-electron chi connectivity index (χ2n) is 3.75. The van der Waals surface area contributed by atoms with Crippen LogP contribution in [0, 0.1) is 0 Å². The zero-order chi connectivity index (χ0) is 14.6. The van der Waals surface area contributed by atoms with E-state index < -0.39 is 28.6 Å². The molecule has 1 rings (SSSR count). The summed E-state index contributed by atoms with van der Waals surface area (Å²) in [5, 5.41) is 15.9. The maximum absolute atomic E-state index is 11.5. The smallest absolute Gasteiger partial charge is 0.323 e. The van der Waals surface area contributed by atoms with E-state index in [4.69, 9.17) is 10.2 Å². The molecule has 0 radical (unpaired) electrons. The number of urea groups is 1. The molecule has 0 aliphatic rings. The van der Waals surface area contributed by atoms with E-state index in [0.717, 1.165) is 4.90 Å². The number of carboxylic acids is 1. The largest absolute Gasteiger partial charge is 0.480 e. The Morgan fingerprint density at radius 1 is 1.32 bits per heavy atom. The highest BCUT2D eigenvalue weighted by atomic mass is 32.2. The van der Waals surface area contributed by atoms with Crippen molar-refractivity contribution >= 4 is 27.7 Å². The van der Waals surface area contributed by atoms with Crippen molar-refractivity contribution in [2.75, 3.05) is 18.9 Å². The van der Waals surface area contributed by atoms with Gasteiger partial charge in [-0.15, -0.1) is 0 Å². The molecule has 1 aromatic carbocycles. The average molecular weight is 287 g/mol. The van der Waals surface area contributed by atoms with E-state index in [0.29, 0.717) is 5.69 Å². The summed E-state index contributed by atoms with van der Waals surface area (Å²) in [7, 11) is -2.46. The maximum Gasteiger partial charge on any atom is 0.323 e. The molecule has 8 nitrogen and oxygen atoms in total. The van der Waals surface area contributed by atoms with Crippen molar-refractivity contribution in [3.8, 4) is 0 Å². The normalized spacial score (nSPS) is 10.8. The van der Waals surface area contributed by atoms with Crippen molar-refractivity contribution in [3.05, 3.63) is 24.3 Å². The zero-order valence-corrected chi connectivity index (χ0v) is 10.8. The quantitative estimate of drug-likeness (QED) is 0.711. The number of rotatable bonds is 4. The molecule has 0 saturated carbocycles. The minimum absolute atomic E-state index is 0.0793. The van der Waals surface area contributed by atoms with Crippen molar-refractivity contribution in [2.24, 2.45) is 5.14 Å². The van der Waals surface area contributed by atoms with Gasteiger partial charge in [0, 0.05) is 12.7 Å². The van der Waals surface area contributed by atoms with E-state index in [9.17, 15) is 18.0 Å². The number of carbonyl (C=O) groups excluding carboxylic acids is 1. The summed E-state index contributed by atoms with van der Waals surface area (Å²) in [5.74, 6) is -1.14. The van der Waals surface area contributed by atoms with Crippen LogP contribution in [0.4, 0.5) is 10.5 Å². The Bertz CT molecular complexity index is 582. The monoisotopic (exact) mass is 287 g/mol. The molecule has 9 heteroatoms. The first-order valence-electron chi connectivity index (χ1n) is 5.07. The van der Waals surface area contributed by atoms with E-state index in [-0.39, 0.29) is 4.90 Å². The molecule has 0 atom stereocenters. The van der Waals surface area contributed by atoms with Crippen LogP contribution < -0.4 is 10.5 Å². The lowest BCUT2D eigenvalue weighted by molar-refractivity contribution is -0.137. The Morgan fingerprint density at radius 3 is 2.26 bits per heavy atom. The van der Waals surface area contributed by atoms with Gasteiger partial charge in [-0.25, -0.2) is 18.4 Å². The fraction of sp³-hybridized carbons (Fsp3) is 0.200. The van der Waals surface area contributed by atoms with Crippen molar-refractivity contribution in [2.45, 2.75) is 4.90 Å². The predicted octanol–water partition coefficient (Wildman–Crippen LogP) is -0.118. The molecule has 104 valence electrons. The van der Waals surface area contributed by atoms with E-state index in [1.165, 1.54) is 31.3 Å². The Hall–Kier alpha value is -2.13. The molecule has 0 aliphatic carbocycles. The van der Waals surface area contributed by atoms with Crippen LogP contribution in [-0.4, -0.2) is 44.0 Å². The molecule has 4 N–H and O–H groups in total. The van der Waals surface area contributed by atoms with Crippen LogP contribution in [0.2, 0.25) is 0 Å². The van der Waals surface area contributed by atoms with Crippen LogP contribution in [-0.2, 0) is 14.8 Å². The number of sulfonamides is 1. The van der Waals surface area contributed by atoms with Gasteiger partial charge in [0.15, 0.2) is 0 Å². The van der Waals surface area contributed by atoms with Crippen LogP contribution in [0.1, 0.15) is 0 Å². The molecule has 1 aromatic rings. The standard InChI is InChI=1S/C10H13N3O5S/c1-13(6-9(14)15)10(16)12-7-2-4-8(5-3-7)19(11,17)18/h2-5H,6H2,1H3,(H,12,16)(H,14,15)(H2,11,17,18). The lowest BCUT2D eigenvalue weighted by atomic mass is 10.3. The molecule has 0 aliphatic heterocycles. The second kappa shape index (κ2) is 5.67. The molecule has 0 spiro atoms. The summed E-state index contributed by atoms with van der Waals surface area (Å²) in [4.78, 5) is 22.8. The van der Waals surface area contributed by atoms with Gasteiger partial charge in [0.25, 0.3) is 0 Å². The molecular weight excluding hydrogens is 274 g/mol. The molecular formula is C10H13N3O5S. The molecule has 19 heavy (non-hydrogen) atoms. The SMILES string of the molecule is CN(CC(=O)O)C(=O)Nc1ccc(S(N)(=O)=O)cc1. The summed E-state index contributed by atoms with van der Waals surface area (Å²) < 4.78 is 22.0. The van der Waals surface area contributed by atoms with E-state index in [2.05, 4.69) is 5.32 Å². The van der Waals surface area contributed by atoms with Gasteiger partial charge in [-0.1, -0.05) is 0 Å². The lowest BCUT2D eigenvalue weighted by Gasteiger charge is -2.15. The number of hydrogen-bond acceptors (Lipinski definition) is 4. The summed E-state index contributed by atoms with van der Waals surface area (Å²) in [5.41, 5.74) is 0.328. The van der Waals surface area contributed by atoms with Gasteiger partial charge >= 0.3 is 12.0 Å². The van der Waals surface area contributed by atoms with Gasteiger partial charge in [0.2, 0.25) is 10.0 Å². The Labute approximate surface area is 109 Å². The Balaban J connectivity index is 2.73. The second-order valence-corrected chi connectivity index (χ2v) is 5.31. The molecule has 0 unspecified atom stereocenters. The number of likely N-dealkylation sites (N-methyl/N-ethyl adjacent to an activating group) is 1. The van der Waals surface area contributed by atoms with Gasteiger partial charge in [0.05, 0.1) is 4.90 Å². The zero-order valence-electron chi connectivity index (χ0n) is 10.0. The van der Waals surface area contributed by atoms with Crippen LogP contribution >= 0.6 is 0 Å². The molecule has 0 heterocycles. The number of hydrogen-bond donors (Lipinski definition) is 3. The predicted molar refractivity (Wildman–Crippen MR) is 67.1 cm³/mol. The van der Waals surface area contributed by atoms with Crippen molar-refractivity contribution in [1.82, 2.24) is 4.90 Å². The van der Waals surface area contributed by atoms with Crippen LogP contribution in [0.3, 0.4) is 0 Å². The number of aliphatic carboxylic acids is 1. The van der Waals surface area contributed by atoms with Crippen molar-refractivity contribution in [3.63, 3.8) is 0 Å². The molecule has 0 fully saturated rings. The third kappa shape index (κ3) is 4.56. The summed E-state index contributed by atoms with van der Waals surface area (Å²) in [6.45, 7) is -0.443. The number of nitrogens with one attached hydrogen (secondary N) is 1. The van der Waals surface area contributed by atoms with Crippen molar-refractivity contribution < 1.29 is 23.1 Å². The molecule has 0 saturated heterocycles. The summed E-state index contributed by atoms with van der Waals surface area (Å²) in [6, 6.07) is 4.56. The minimum atomic E-state index is -3.78. The third-order valence-electron chi connectivity index (χ3n) is 2.15. The number of amides is 2. The highest BCUT2D eigenvalue weighted by Crippen LogP contribution is 2.13. The average Bonchev–Trinajstić information content (AvgIpc) is 2.27. The van der Waals surface area contributed by atoms with Gasteiger partial charge in [0.1, 0.15) is 6.54 Å². The third-order valence-corrected chi connectivity index (χ3v) is 3.08. The van der Waals surface area contributed by atoms with E-state index in [1.54, 1.807) is 0 Å². The number of nitrogens with zero attached hydrogens (tertiary/aromatic N) is 1. The van der Waals surface area contributed by atoms with Gasteiger partial charge in [-0.3, -0.25) is 4.79 Å². The molecule has 0 aromatic heterocycles. The summed E-state index contributed by atoms with van der Waals surface area (Å²) >= 11 is 0. The van der Waals surface area contributed by atoms with Crippen LogP contribution in [0.25, 0.3) is 0 Å². The first-order chi connectivity index (χ1) is 8.70. The number of nitrogens with two attached hydrogens (primary N) is 1. The van der Waals surface area contributed by atoms with E-state index >= 15 is 0 Å². The summed E-state index contributed by atoms with van der Waals surface area (Å²) in [6.07, 6.45) is 0. The fourth-order valence-corrected chi connectivity index (χ4v) is 1.74. The Kier molecular flexibility index (Phi) is 4.46. The highest BCUT2D eigenvalue weighted by molar-refractivity contribution is 7.89. The van der Waals surface area contributed by atoms with Gasteiger partial charge < -0.3 is 15.3 Å². The lowest BCUT2D eigenvalue weighted by Crippen LogP contribution is -2.35. The first kappa shape index (κ1) is 14.9. The number of carboxylic acid groups (broad SMARTS) is 1. The van der Waals surface area contributed by atoms with Crippen LogP contribution in [0.15, 0.2) is 29.2 Å². The topological polar surface area (TPSA) is 130 Å². The highest BCUT2D eigenvalue weighted by Gasteiger charge is 2.12. The maximum atomic E-state index is 11.5. The van der Waals surface area contributed by atoms with Gasteiger partial charge in [-0.05, 0) is 24.3 Å².